The zero-order chi connectivity index (χ0) is 13.2. The van der Waals surface area contributed by atoms with Crippen LogP contribution in [0.1, 0.15) is 37.5 Å². The third kappa shape index (κ3) is 2.77. The van der Waals surface area contributed by atoms with Crippen LogP contribution in [0.15, 0.2) is 16.3 Å². The number of rotatable bonds is 6. The summed E-state index contributed by atoms with van der Waals surface area (Å²) in [6.45, 7) is 3.08. The molecular weight excluding hydrogens is 268 g/mol. The molecule has 1 fully saturated rings. The average molecular weight is 288 g/mol. The quantitative estimate of drug-likeness (QED) is 0.841. The van der Waals surface area contributed by atoms with E-state index in [1.807, 2.05) is 0 Å². The van der Waals surface area contributed by atoms with Gasteiger partial charge in [-0.3, -0.25) is 0 Å². The maximum Gasteiger partial charge on any atom is 0.250 e. The highest BCUT2D eigenvalue weighted by molar-refractivity contribution is 7.91. The Morgan fingerprint density at radius 3 is 2.61 bits per heavy atom. The van der Waals surface area contributed by atoms with E-state index >= 15 is 0 Å². The van der Waals surface area contributed by atoms with E-state index < -0.39 is 10.0 Å². The first kappa shape index (κ1) is 14.0. The Bertz CT molecular complexity index is 498. The van der Waals surface area contributed by atoms with Gasteiger partial charge in [0.05, 0.1) is 0 Å². The smallest absolute Gasteiger partial charge is 0.250 e. The zero-order valence-electron chi connectivity index (χ0n) is 10.6. The highest BCUT2D eigenvalue weighted by Gasteiger charge is 2.36. The lowest BCUT2D eigenvalue weighted by atomic mass is 9.67. The fourth-order valence-corrected chi connectivity index (χ4v) is 4.70. The van der Waals surface area contributed by atoms with Crippen molar-refractivity contribution in [3.05, 3.63) is 17.0 Å². The van der Waals surface area contributed by atoms with E-state index in [0.29, 0.717) is 17.3 Å². The van der Waals surface area contributed by atoms with Crippen molar-refractivity contribution in [3.8, 4) is 0 Å². The lowest BCUT2D eigenvalue weighted by Gasteiger charge is -2.41. The van der Waals surface area contributed by atoms with Crippen LogP contribution in [0.25, 0.3) is 0 Å². The van der Waals surface area contributed by atoms with Crippen LogP contribution < -0.4 is 10.5 Å². The van der Waals surface area contributed by atoms with Gasteiger partial charge in [-0.25, -0.2) is 13.1 Å². The lowest BCUT2D eigenvalue weighted by Crippen LogP contribution is -2.41. The van der Waals surface area contributed by atoms with E-state index in [1.54, 1.807) is 12.1 Å². The van der Waals surface area contributed by atoms with Gasteiger partial charge in [0.2, 0.25) is 10.0 Å². The predicted octanol–water partition coefficient (Wildman–Crippen LogP) is 2.07. The summed E-state index contributed by atoms with van der Waals surface area (Å²) in [6.07, 6.45) is 4.51. The van der Waals surface area contributed by atoms with Crippen molar-refractivity contribution in [3.63, 3.8) is 0 Å². The van der Waals surface area contributed by atoms with Crippen molar-refractivity contribution in [2.45, 2.75) is 43.4 Å². The summed E-state index contributed by atoms with van der Waals surface area (Å²) < 4.78 is 27.4. The van der Waals surface area contributed by atoms with E-state index in [1.165, 1.54) is 17.8 Å². The molecule has 0 spiro atoms. The van der Waals surface area contributed by atoms with Crippen LogP contribution in [0.2, 0.25) is 0 Å². The minimum atomic E-state index is -3.36. The van der Waals surface area contributed by atoms with Crippen LogP contribution in [-0.2, 0) is 16.6 Å². The van der Waals surface area contributed by atoms with Crippen LogP contribution in [-0.4, -0.2) is 15.0 Å². The number of thiophene rings is 1. The number of hydrogen-bond acceptors (Lipinski definition) is 4. The summed E-state index contributed by atoms with van der Waals surface area (Å²) in [7, 11) is -3.36. The summed E-state index contributed by atoms with van der Waals surface area (Å²) >= 11 is 1.25. The number of nitrogens with two attached hydrogens (primary N) is 1. The first-order valence-electron chi connectivity index (χ1n) is 6.30. The number of hydrogen-bond donors (Lipinski definition) is 2. The molecule has 0 amide bonds. The van der Waals surface area contributed by atoms with Crippen molar-refractivity contribution in [2.75, 3.05) is 6.54 Å². The molecule has 0 saturated heterocycles. The van der Waals surface area contributed by atoms with Crippen molar-refractivity contribution in [2.24, 2.45) is 11.1 Å². The maximum absolute atomic E-state index is 12.1. The van der Waals surface area contributed by atoms with Gasteiger partial charge in [-0.1, -0.05) is 13.3 Å². The third-order valence-corrected chi connectivity index (χ3v) is 6.91. The molecule has 0 aromatic carbocycles. The Labute approximate surface area is 113 Å². The van der Waals surface area contributed by atoms with E-state index in [2.05, 4.69) is 11.6 Å². The summed E-state index contributed by atoms with van der Waals surface area (Å²) in [5, 5.41) is 0. The predicted molar refractivity (Wildman–Crippen MR) is 74.0 cm³/mol. The first-order chi connectivity index (χ1) is 8.51. The number of sulfonamides is 1. The SMILES string of the molecule is CCC1(CNS(=O)(=O)c2ccc(CN)s2)CCC1. The standard InChI is InChI=1S/C12H20N2O2S2/c1-2-12(6-3-7-12)9-14-18(15,16)11-5-4-10(8-13)17-11/h4-5,14H,2-3,6-9,13H2,1H3. The molecule has 0 atom stereocenters. The van der Waals surface area contributed by atoms with Gasteiger partial charge >= 0.3 is 0 Å². The van der Waals surface area contributed by atoms with Gasteiger partial charge in [-0.2, -0.15) is 0 Å². The molecule has 102 valence electrons. The minimum absolute atomic E-state index is 0.195. The van der Waals surface area contributed by atoms with Gasteiger partial charge in [0, 0.05) is 18.0 Å². The normalized spacial score (nSPS) is 18.6. The Kier molecular flexibility index (Phi) is 4.11. The second kappa shape index (κ2) is 5.28. The maximum atomic E-state index is 12.1. The monoisotopic (exact) mass is 288 g/mol. The molecule has 6 heteroatoms. The summed E-state index contributed by atoms with van der Waals surface area (Å²) in [4.78, 5) is 0.893. The molecule has 4 nitrogen and oxygen atoms in total. The molecule has 1 saturated carbocycles. The molecule has 1 aliphatic carbocycles. The molecule has 0 bridgehead atoms. The van der Waals surface area contributed by atoms with Gasteiger partial charge < -0.3 is 5.73 Å². The van der Waals surface area contributed by atoms with E-state index in [4.69, 9.17) is 5.73 Å². The molecule has 1 aromatic rings. The Morgan fingerprint density at radius 1 is 1.44 bits per heavy atom. The molecule has 1 aliphatic rings. The molecule has 3 N–H and O–H groups in total. The fourth-order valence-electron chi connectivity index (χ4n) is 2.26. The van der Waals surface area contributed by atoms with E-state index in [9.17, 15) is 8.42 Å². The summed E-state index contributed by atoms with van der Waals surface area (Å²) in [5.74, 6) is 0. The summed E-state index contributed by atoms with van der Waals surface area (Å²) in [5.41, 5.74) is 5.69. The van der Waals surface area contributed by atoms with Gasteiger partial charge in [-0.15, -0.1) is 11.3 Å². The summed E-state index contributed by atoms with van der Waals surface area (Å²) in [6, 6.07) is 3.41. The molecule has 18 heavy (non-hydrogen) atoms. The van der Waals surface area contributed by atoms with Gasteiger partial charge in [0.25, 0.3) is 0 Å². The van der Waals surface area contributed by atoms with Crippen molar-refractivity contribution >= 4 is 21.4 Å². The van der Waals surface area contributed by atoms with Crippen molar-refractivity contribution < 1.29 is 8.42 Å². The molecule has 1 aromatic heterocycles. The Morgan fingerprint density at radius 2 is 2.17 bits per heavy atom. The molecular formula is C12H20N2O2S2. The van der Waals surface area contributed by atoms with Crippen molar-refractivity contribution in [1.82, 2.24) is 4.72 Å². The lowest BCUT2D eigenvalue weighted by molar-refractivity contribution is 0.133. The first-order valence-corrected chi connectivity index (χ1v) is 8.60. The molecule has 0 unspecified atom stereocenters. The second-order valence-corrected chi connectivity index (χ2v) is 8.12. The largest absolute Gasteiger partial charge is 0.326 e. The van der Waals surface area contributed by atoms with E-state index in [-0.39, 0.29) is 5.41 Å². The third-order valence-electron chi connectivity index (χ3n) is 3.90. The molecule has 2 rings (SSSR count). The van der Waals surface area contributed by atoms with E-state index in [0.717, 1.165) is 24.1 Å². The van der Waals surface area contributed by atoms with Crippen LogP contribution in [0, 0.1) is 5.41 Å². The molecule has 0 radical (unpaired) electrons. The van der Waals surface area contributed by atoms with Gasteiger partial charge in [0.1, 0.15) is 4.21 Å². The fraction of sp³-hybridized carbons (Fsp3) is 0.667. The topological polar surface area (TPSA) is 72.2 Å². The van der Waals surface area contributed by atoms with Gasteiger partial charge in [-0.05, 0) is 36.8 Å². The Balaban J connectivity index is 2.03. The minimum Gasteiger partial charge on any atom is -0.326 e. The van der Waals surface area contributed by atoms with Gasteiger partial charge in [0.15, 0.2) is 0 Å². The van der Waals surface area contributed by atoms with Crippen LogP contribution >= 0.6 is 11.3 Å². The second-order valence-electron chi connectivity index (χ2n) is 4.96. The van der Waals surface area contributed by atoms with Crippen LogP contribution in [0.3, 0.4) is 0 Å². The Hall–Kier alpha value is -0.430. The highest BCUT2D eigenvalue weighted by atomic mass is 32.2. The van der Waals surface area contributed by atoms with Crippen LogP contribution in [0.5, 0.6) is 0 Å². The number of nitrogens with one attached hydrogen (secondary N) is 1. The average Bonchev–Trinajstić information content (AvgIpc) is 2.77. The highest BCUT2D eigenvalue weighted by Crippen LogP contribution is 2.43. The van der Waals surface area contributed by atoms with Crippen LogP contribution in [0.4, 0.5) is 0 Å². The van der Waals surface area contributed by atoms with Crippen molar-refractivity contribution in [1.29, 1.82) is 0 Å². The molecule has 0 aliphatic heterocycles. The molecule has 1 heterocycles. The zero-order valence-corrected chi connectivity index (χ0v) is 12.2.